The molecule has 4 nitrogen and oxygen atoms in total. The van der Waals surface area contributed by atoms with Crippen LogP contribution < -0.4 is 19.5 Å². The highest BCUT2D eigenvalue weighted by Crippen LogP contribution is 2.35. The van der Waals surface area contributed by atoms with Crippen molar-refractivity contribution in [3.63, 3.8) is 0 Å². The predicted molar refractivity (Wildman–Crippen MR) is 95.1 cm³/mol. The molecule has 3 rings (SSSR count). The van der Waals surface area contributed by atoms with E-state index >= 15 is 0 Å². The number of methoxy groups -OCH3 is 3. The molecular formula is C20H25NO3. The summed E-state index contributed by atoms with van der Waals surface area (Å²) in [6.07, 6.45) is 3.55. The fraction of sp³-hybridized carbons (Fsp3) is 0.400. The van der Waals surface area contributed by atoms with Gasteiger partial charge in [-0.1, -0.05) is 24.3 Å². The van der Waals surface area contributed by atoms with E-state index < -0.39 is 0 Å². The molecule has 128 valence electrons. The van der Waals surface area contributed by atoms with E-state index in [-0.39, 0.29) is 0 Å². The van der Waals surface area contributed by atoms with E-state index in [0.29, 0.717) is 11.8 Å². The first kappa shape index (κ1) is 16.7. The van der Waals surface area contributed by atoms with Crippen LogP contribution in [0.3, 0.4) is 0 Å². The molecule has 0 spiro atoms. The van der Waals surface area contributed by atoms with Crippen LogP contribution >= 0.6 is 0 Å². The lowest BCUT2D eigenvalue weighted by atomic mass is 9.87. The Labute approximate surface area is 143 Å². The van der Waals surface area contributed by atoms with Gasteiger partial charge in [-0.2, -0.15) is 0 Å². The third kappa shape index (κ3) is 3.34. The molecule has 0 amide bonds. The van der Waals surface area contributed by atoms with Crippen molar-refractivity contribution in [3.8, 4) is 17.2 Å². The van der Waals surface area contributed by atoms with Gasteiger partial charge in [0.1, 0.15) is 5.75 Å². The number of fused-ring (bicyclic) bond motifs is 1. The summed E-state index contributed by atoms with van der Waals surface area (Å²) in [5.74, 6) is 2.21. The summed E-state index contributed by atoms with van der Waals surface area (Å²) in [5, 5.41) is 3.68. The zero-order chi connectivity index (χ0) is 16.9. The Hall–Kier alpha value is -2.20. The van der Waals surface area contributed by atoms with Crippen molar-refractivity contribution in [2.24, 2.45) is 0 Å². The largest absolute Gasteiger partial charge is 0.496 e. The van der Waals surface area contributed by atoms with Gasteiger partial charge in [-0.05, 0) is 36.5 Å². The van der Waals surface area contributed by atoms with Crippen LogP contribution in [0.25, 0.3) is 0 Å². The second-order valence-corrected chi connectivity index (χ2v) is 6.04. The number of ether oxygens (including phenoxy) is 3. The van der Waals surface area contributed by atoms with Gasteiger partial charge in [-0.15, -0.1) is 0 Å². The summed E-state index contributed by atoms with van der Waals surface area (Å²) in [6, 6.07) is 13.0. The molecule has 0 unspecified atom stereocenters. The smallest absolute Gasteiger partial charge is 0.164 e. The average molecular weight is 327 g/mol. The first-order valence-electron chi connectivity index (χ1n) is 8.37. The number of rotatable bonds is 6. The fourth-order valence-electron chi connectivity index (χ4n) is 3.43. The molecule has 1 aliphatic carbocycles. The summed E-state index contributed by atoms with van der Waals surface area (Å²) in [5.41, 5.74) is 3.95. The summed E-state index contributed by atoms with van der Waals surface area (Å²) in [4.78, 5) is 0. The molecule has 1 atom stereocenters. The van der Waals surface area contributed by atoms with Crippen molar-refractivity contribution in [2.45, 2.75) is 31.8 Å². The van der Waals surface area contributed by atoms with E-state index in [9.17, 15) is 0 Å². The van der Waals surface area contributed by atoms with Crippen molar-refractivity contribution in [2.75, 3.05) is 21.3 Å². The number of hydrogen-bond donors (Lipinski definition) is 1. The second-order valence-electron chi connectivity index (χ2n) is 6.04. The summed E-state index contributed by atoms with van der Waals surface area (Å²) in [6.45, 7) is 0.725. The Bertz CT molecular complexity index is 699. The van der Waals surface area contributed by atoms with Gasteiger partial charge in [-0.25, -0.2) is 0 Å². The second kappa shape index (κ2) is 7.58. The fourth-order valence-corrected chi connectivity index (χ4v) is 3.43. The zero-order valence-electron chi connectivity index (χ0n) is 14.6. The van der Waals surface area contributed by atoms with Crippen LogP contribution in [0.5, 0.6) is 17.2 Å². The molecule has 2 aromatic carbocycles. The van der Waals surface area contributed by atoms with E-state index in [1.165, 1.54) is 24.0 Å². The molecular weight excluding hydrogens is 302 g/mol. The molecule has 0 bridgehead atoms. The van der Waals surface area contributed by atoms with Gasteiger partial charge < -0.3 is 19.5 Å². The Morgan fingerprint density at radius 1 is 0.958 bits per heavy atom. The van der Waals surface area contributed by atoms with Crippen LogP contribution in [0.2, 0.25) is 0 Å². The Balaban J connectivity index is 1.80. The molecule has 0 aromatic heterocycles. The van der Waals surface area contributed by atoms with E-state index in [0.717, 1.165) is 30.0 Å². The Kier molecular flexibility index (Phi) is 5.26. The highest BCUT2D eigenvalue weighted by atomic mass is 16.5. The predicted octanol–water partition coefficient (Wildman–Crippen LogP) is 3.88. The van der Waals surface area contributed by atoms with E-state index in [2.05, 4.69) is 29.6 Å². The topological polar surface area (TPSA) is 39.7 Å². The van der Waals surface area contributed by atoms with Crippen LogP contribution in [0.1, 0.15) is 35.6 Å². The van der Waals surface area contributed by atoms with E-state index in [1.807, 2.05) is 12.1 Å². The molecule has 2 aromatic rings. The van der Waals surface area contributed by atoms with Crippen molar-refractivity contribution >= 4 is 0 Å². The number of aryl methyl sites for hydroxylation is 1. The van der Waals surface area contributed by atoms with Gasteiger partial charge in [0.15, 0.2) is 11.5 Å². The van der Waals surface area contributed by atoms with Crippen LogP contribution in [0.15, 0.2) is 36.4 Å². The minimum Gasteiger partial charge on any atom is -0.496 e. The van der Waals surface area contributed by atoms with Crippen molar-refractivity contribution in [1.82, 2.24) is 5.32 Å². The summed E-state index contributed by atoms with van der Waals surface area (Å²) in [7, 11) is 4.97. The summed E-state index contributed by atoms with van der Waals surface area (Å²) >= 11 is 0. The van der Waals surface area contributed by atoms with Gasteiger partial charge in [0.05, 0.1) is 21.3 Å². The molecule has 0 aliphatic heterocycles. The van der Waals surface area contributed by atoms with Gasteiger partial charge in [0.2, 0.25) is 0 Å². The molecule has 4 heteroatoms. The quantitative estimate of drug-likeness (QED) is 0.874. The lowest BCUT2D eigenvalue weighted by Gasteiger charge is -2.27. The van der Waals surface area contributed by atoms with Crippen molar-refractivity contribution < 1.29 is 14.2 Å². The average Bonchev–Trinajstić information content (AvgIpc) is 2.65. The maximum absolute atomic E-state index is 5.52. The van der Waals surface area contributed by atoms with Crippen LogP contribution in [0, 0.1) is 0 Å². The van der Waals surface area contributed by atoms with Crippen molar-refractivity contribution in [3.05, 3.63) is 53.1 Å². The third-order valence-electron chi connectivity index (χ3n) is 4.69. The van der Waals surface area contributed by atoms with Gasteiger partial charge in [0.25, 0.3) is 0 Å². The maximum Gasteiger partial charge on any atom is 0.164 e. The minimum atomic E-state index is 0.382. The van der Waals surface area contributed by atoms with Gasteiger partial charge in [0, 0.05) is 24.2 Å². The Morgan fingerprint density at radius 3 is 2.42 bits per heavy atom. The first-order chi connectivity index (χ1) is 11.8. The number of benzene rings is 2. The normalized spacial score (nSPS) is 16.4. The highest BCUT2D eigenvalue weighted by Gasteiger charge is 2.20. The third-order valence-corrected chi connectivity index (χ3v) is 4.69. The molecule has 0 saturated heterocycles. The molecule has 1 N–H and O–H groups in total. The lowest BCUT2D eigenvalue weighted by molar-refractivity contribution is 0.346. The number of hydrogen-bond acceptors (Lipinski definition) is 4. The molecule has 0 heterocycles. The molecule has 24 heavy (non-hydrogen) atoms. The van der Waals surface area contributed by atoms with E-state index in [4.69, 9.17) is 14.2 Å². The lowest BCUT2D eigenvalue weighted by Crippen LogP contribution is -2.25. The van der Waals surface area contributed by atoms with Crippen LogP contribution in [-0.4, -0.2) is 21.3 Å². The monoisotopic (exact) mass is 327 g/mol. The van der Waals surface area contributed by atoms with E-state index in [1.54, 1.807) is 21.3 Å². The number of nitrogens with one attached hydrogen (secondary N) is 1. The first-order valence-corrected chi connectivity index (χ1v) is 8.37. The van der Waals surface area contributed by atoms with Crippen LogP contribution in [0.4, 0.5) is 0 Å². The molecule has 0 fully saturated rings. The van der Waals surface area contributed by atoms with Crippen molar-refractivity contribution in [1.29, 1.82) is 0 Å². The standard InChI is InChI=1S/C20H25NO3/c1-22-18-12-20(24-3)19(23-2)11-15(18)13-21-17-10-6-8-14-7-4-5-9-16(14)17/h4-5,7,9,11-12,17,21H,6,8,10,13H2,1-3H3/t17-/m1/s1. The summed E-state index contributed by atoms with van der Waals surface area (Å²) < 4.78 is 16.3. The highest BCUT2D eigenvalue weighted by molar-refractivity contribution is 5.50. The molecule has 0 saturated carbocycles. The molecule has 1 aliphatic rings. The Morgan fingerprint density at radius 2 is 1.67 bits per heavy atom. The minimum absolute atomic E-state index is 0.382. The van der Waals surface area contributed by atoms with Gasteiger partial charge in [-0.3, -0.25) is 0 Å². The SMILES string of the molecule is COc1cc(OC)c(OC)cc1CN[C@@H]1CCCc2ccccc21. The maximum atomic E-state index is 5.52. The van der Waals surface area contributed by atoms with Gasteiger partial charge >= 0.3 is 0 Å². The molecule has 0 radical (unpaired) electrons. The van der Waals surface area contributed by atoms with Crippen LogP contribution in [-0.2, 0) is 13.0 Å². The zero-order valence-corrected chi connectivity index (χ0v) is 14.6.